The molecule has 0 bridgehead atoms. The molecular formula is C19H21F3N2O4S. The van der Waals surface area contributed by atoms with Crippen LogP contribution in [0.2, 0.25) is 0 Å². The Balaban J connectivity index is 2.24. The Morgan fingerprint density at radius 2 is 1.86 bits per heavy atom. The Kier molecular flexibility index (Phi) is 6.56. The summed E-state index contributed by atoms with van der Waals surface area (Å²) in [5.74, 6) is -0.500. The van der Waals surface area contributed by atoms with Crippen molar-refractivity contribution in [2.24, 2.45) is 0 Å². The number of carbonyl (C=O) groups is 1. The molecule has 1 amide bonds. The van der Waals surface area contributed by atoms with E-state index in [2.05, 4.69) is 10.3 Å². The molecule has 0 atom stereocenters. The minimum Gasteiger partial charge on any atom is -0.477 e. The first-order valence-corrected chi connectivity index (χ1v) is 10.2. The molecule has 2 rings (SSSR count). The summed E-state index contributed by atoms with van der Waals surface area (Å²) in [7, 11) is -4.18. The molecule has 0 spiro atoms. The van der Waals surface area contributed by atoms with Crippen LogP contribution in [0.1, 0.15) is 36.7 Å². The Morgan fingerprint density at radius 3 is 2.48 bits per heavy atom. The number of alkyl halides is 3. The van der Waals surface area contributed by atoms with Gasteiger partial charge in [0.15, 0.2) is 9.84 Å². The molecule has 1 heterocycles. The number of amides is 1. The Bertz CT molecular complexity index is 989. The summed E-state index contributed by atoms with van der Waals surface area (Å²) in [6.45, 7) is 4.34. The molecule has 0 unspecified atom stereocenters. The highest BCUT2D eigenvalue weighted by molar-refractivity contribution is 7.92. The van der Waals surface area contributed by atoms with Crippen LogP contribution in [0.3, 0.4) is 0 Å². The third-order valence-electron chi connectivity index (χ3n) is 4.17. The number of aromatic nitrogens is 1. The van der Waals surface area contributed by atoms with Crippen molar-refractivity contribution in [3.05, 3.63) is 53.7 Å². The molecule has 158 valence electrons. The number of ether oxygens (including phenoxy) is 1. The molecule has 0 fully saturated rings. The molecule has 0 radical (unpaired) electrons. The second-order valence-electron chi connectivity index (χ2n) is 6.76. The molecule has 0 aliphatic heterocycles. The smallest absolute Gasteiger partial charge is 0.416 e. The minimum atomic E-state index is -4.67. The van der Waals surface area contributed by atoms with E-state index in [0.29, 0.717) is 6.07 Å². The Labute approximate surface area is 167 Å². The number of nitrogens with one attached hydrogen (secondary N) is 1. The summed E-state index contributed by atoms with van der Waals surface area (Å²) in [6, 6.07) is 6.53. The molecule has 1 aromatic carbocycles. The van der Waals surface area contributed by atoms with Crippen molar-refractivity contribution in [3.8, 4) is 5.88 Å². The first kappa shape index (κ1) is 22.7. The van der Waals surface area contributed by atoms with Gasteiger partial charge in [0, 0.05) is 12.7 Å². The van der Waals surface area contributed by atoms with Gasteiger partial charge >= 0.3 is 6.18 Å². The third-order valence-corrected chi connectivity index (χ3v) is 6.64. The van der Waals surface area contributed by atoms with Crippen LogP contribution in [-0.2, 0) is 16.0 Å². The zero-order valence-electron chi connectivity index (χ0n) is 16.1. The number of sulfone groups is 1. The lowest BCUT2D eigenvalue weighted by atomic mass is 10.2. The number of nitrogens with zero attached hydrogens (tertiary/aromatic N) is 1. The van der Waals surface area contributed by atoms with Crippen LogP contribution < -0.4 is 10.1 Å². The highest BCUT2D eigenvalue weighted by Gasteiger charge is 2.38. The molecule has 29 heavy (non-hydrogen) atoms. The summed E-state index contributed by atoms with van der Waals surface area (Å²) < 4.78 is 68.3. The minimum absolute atomic E-state index is 0.103. The van der Waals surface area contributed by atoms with Crippen LogP contribution in [0.25, 0.3) is 0 Å². The maximum Gasteiger partial charge on any atom is 0.416 e. The molecule has 6 nitrogen and oxygen atoms in total. The maximum absolute atomic E-state index is 12.9. The van der Waals surface area contributed by atoms with E-state index in [1.165, 1.54) is 32.2 Å². The highest BCUT2D eigenvalue weighted by atomic mass is 32.2. The first-order valence-electron chi connectivity index (χ1n) is 8.68. The van der Waals surface area contributed by atoms with Crippen molar-refractivity contribution in [1.29, 1.82) is 0 Å². The van der Waals surface area contributed by atoms with Gasteiger partial charge in [0.25, 0.3) is 5.91 Å². The fourth-order valence-electron chi connectivity index (χ4n) is 2.46. The normalized spacial score (nSPS) is 12.5. The molecule has 0 aliphatic rings. The van der Waals surface area contributed by atoms with Gasteiger partial charge in [-0.15, -0.1) is 0 Å². The first-order chi connectivity index (χ1) is 13.4. The van der Waals surface area contributed by atoms with Crippen molar-refractivity contribution in [1.82, 2.24) is 10.3 Å². The van der Waals surface area contributed by atoms with E-state index in [1.54, 1.807) is 6.92 Å². The van der Waals surface area contributed by atoms with Gasteiger partial charge in [0.05, 0.1) is 21.8 Å². The zero-order valence-corrected chi connectivity index (χ0v) is 16.9. The standard InChI is InChI=1S/C19H21F3N2O4S/c1-4-28-17-15(9-6-10-23-17)16(25)24-12-18(2,3)29(26,27)14-8-5-7-13(11-14)19(20,21)22/h5-11H,4,12H2,1-3H3,(H,24,25). The monoisotopic (exact) mass is 430 g/mol. The maximum atomic E-state index is 12.9. The van der Waals surface area contributed by atoms with Crippen LogP contribution >= 0.6 is 0 Å². The van der Waals surface area contributed by atoms with Crippen LogP contribution in [0.15, 0.2) is 47.5 Å². The predicted molar refractivity (Wildman–Crippen MR) is 100 cm³/mol. The van der Waals surface area contributed by atoms with Crippen molar-refractivity contribution >= 4 is 15.7 Å². The van der Waals surface area contributed by atoms with Crippen LogP contribution in [0.4, 0.5) is 13.2 Å². The number of hydrogen-bond acceptors (Lipinski definition) is 5. The van der Waals surface area contributed by atoms with Crippen LogP contribution in [0, 0.1) is 0 Å². The second kappa shape index (κ2) is 8.40. The molecule has 0 saturated heterocycles. The van der Waals surface area contributed by atoms with Gasteiger partial charge < -0.3 is 10.1 Å². The van der Waals surface area contributed by atoms with Gasteiger partial charge in [-0.25, -0.2) is 13.4 Å². The number of hydrogen-bond donors (Lipinski definition) is 1. The molecule has 1 aromatic heterocycles. The van der Waals surface area contributed by atoms with Gasteiger partial charge in [-0.2, -0.15) is 13.2 Å². The fourth-order valence-corrected chi connectivity index (χ4v) is 3.90. The van der Waals surface area contributed by atoms with E-state index < -0.39 is 37.1 Å². The Morgan fingerprint density at radius 1 is 1.17 bits per heavy atom. The number of benzene rings is 1. The fraction of sp³-hybridized carbons (Fsp3) is 0.368. The van der Waals surface area contributed by atoms with Gasteiger partial charge in [-0.1, -0.05) is 6.07 Å². The molecule has 10 heteroatoms. The topological polar surface area (TPSA) is 85.4 Å². The van der Waals surface area contributed by atoms with E-state index in [-0.39, 0.29) is 24.6 Å². The van der Waals surface area contributed by atoms with E-state index in [4.69, 9.17) is 4.74 Å². The molecular weight excluding hydrogens is 409 g/mol. The molecule has 1 N–H and O–H groups in total. The van der Waals surface area contributed by atoms with Crippen molar-refractivity contribution in [2.45, 2.75) is 36.6 Å². The van der Waals surface area contributed by atoms with Crippen molar-refractivity contribution in [3.63, 3.8) is 0 Å². The average molecular weight is 430 g/mol. The number of pyridine rings is 1. The van der Waals surface area contributed by atoms with Crippen LogP contribution in [0.5, 0.6) is 5.88 Å². The van der Waals surface area contributed by atoms with Gasteiger partial charge in [-0.05, 0) is 51.1 Å². The van der Waals surface area contributed by atoms with Crippen LogP contribution in [-0.4, -0.2) is 37.2 Å². The summed E-state index contributed by atoms with van der Waals surface area (Å²) >= 11 is 0. The van der Waals surface area contributed by atoms with E-state index in [0.717, 1.165) is 18.2 Å². The second-order valence-corrected chi connectivity index (χ2v) is 9.34. The lowest BCUT2D eigenvalue weighted by Crippen LogP contribution is -2.44. The molecule has 0 saturated carbocycles. The number of rotatable bonds is 7. The lowest BCUT2D eigenvalue weighted by molar-refractivity contribution is -0.137. The lowest BCUT2D eigenvalue weighted by Gasteiger charge is -2.25. The van der Waals surface area contributed by atoms with Gasteiger partial charge in [0.2, 0.25) is 5.88 Å². The average Bonchev–Trinajstić information content (AvgIpc) is 2.66. The largest absolute Gasteiger partial charge is 0.477 e. The third kappa shape index (κ3) is 5.06. The summed E-state index contributed by atoms with van der Waals surface area (Å²) in [5.41, 5.74) is -0.934. The number of halogens is 3. The van der Waals surface area contributed by atoms with Gasteiger partial charge in [-0.3, -0.25) is 4.79 Å². The summed E-state index contributed by atoms with van der Waals surface area (Å²) in [6.07, 6.45) is -3.22. The summed E-state index contributed by atoms with van der Waals surface area (Å²) in [4.78, 5) is 15.9. The highest BCUT2D eigenvalue weighted by Crippen LogP contribution is 2.33. The molecule has 0 aliphatic carbocycles. The SMILES string of the molecule is CCOc1ncccc1C(=O)NCC(C)(C)S(=O)(=O)c1cccc(C(F)(F)F)c1. The predicted octanol–water partition coefficient (Wildman–Crippen LogP) is 3.48. The Hall–Kier alpha value is -2.62. The molecule has 2 aromatic rings. The number of carbonyl (C=O) groups excluding carboxylic acids is 1. The van der Waals surface area contributed by atoms with Crippen molar-refractivity contribution < 1.29 is 31.1 Å². The quantitative estimate of drug-likeness (QED) is 0.727. The van der Waals surface area contributed by atoms with Gasteiger partial charge in [0.1, 0.15) is 5.56 Å². The summed E-state index contributed by atoms with van der Waals surface area (Å²) in [5, 5.41) is 2.50. The van der Waals surface area contributed by atoms with E-state index in [9.17, 15) is 26.4 Å². The zero-order chi connectivity index (χ0) is 21.9. The van der Waals surface area contributed by atoms with E-state index >= 15 is 0 Å². The van der Waals surface area contributed by atoms with Crippen molar-refractivity contribution in [2.75, 3.05) is 13.2 Å². The van der Waals surface area contributed by atoms with E-state index in [1.807, 2.05) is 0 Å².